The van der Waals surface area contributed by atoms with Crippen LogP contribution in [-0.4, -0.2) is 30.6 Å². The van der Waals surface area contributed by atoms with Crippen molar-refractivity contribution in [2.45, 2.75) is 58.0 Å². The first kappa shape index (κ1) is 20.7. The molecule has 1 fully saturated rings. The third-order valence-corrected chi connectivity index (χ3v) is 4.54. The van der Waals surface area contributed by atoms with Gasteiger partial charge in [-0.25, -0.2) is 4.39 Å². The maximum Gasteiger partial charge on any atom is 0.240 e. The highest BCUT2D eigenvalue weighted by Gasteiger charge is 2.30. The zero-order valence-corrected chi connectivity index (χ0v) is 15.6. The largest absolute Gasteiger partial charge is 0.369 e. The summed E-state index contributed by atoms with van der Waals surface area (Å²) in [5, 5.41) is 3.09. The minimum absolute atomic E-state index is 0. The molecule has 1 saturated heterocycles. The minimum atomic E-state index is -0.817. The lowest BCUT2D eigenvalue weighted by molar-refractivity contribution is -0.126. The third kappa shape index (κ3) is 5.08. The predicted molar refractivity (Wildman–Crippen MR) is 99.3 cm³/mol. The maximum absolute atomic E-state index is 13.3. The van der Waals surface area contributed by atoms with Crippen LogP contribution in [0.4, 0.5) is 10.1 Å². The van der Waals surface area contributed by atoms with Crippen LogP contribution in [0.5, 0.6) is 0 Å². The Balaban J connectivity index is 0.00000288. The van der Waals surface area contributed by atoms with E-state index in [2.05, 4.69) is 10.2 Å². The molecule has 1 aromatic carbocycles. The van der Waals surface area contributed by atoms with Gasteiger partial charge >= 0.3 is 0 Å². The summed E-state index contributed by atoms with van der Waals surface area (Å²) in [7, 11) is 0. The zero-order valence-electron chi connectivity index (χ0n) is 14.8. The van der Waals surface area contributed by atoms with Crippen molar-refractivity contribution in [3.8, 4) is 0 Å². The lowest BCUT2D eigenvalue weighted by Crippen LogP contribution is -2.57. The second-order valence-corrected chi connectivity index (χ2v) is 6.86. The Hall–Kier alpha value is -1.33. The van der Waals surface area contributed by atoms with Gasteiger partial charge in [0.05, 0.1) is 5.54 Å². The van der Waals surface area contributed by atoms with E-state index in [4.69, 9.17) is 5.73 Å². The number of amides is 1. The van der Waals surface area contributed by atoms with Crippen LogP contribution in [-0.2, 0) is 4.79 Å². The van der Waals surface area contributed by atoms with E-state index in [1.54, 1.807) is 13.0 Å². The molecule has 4 nitrogen and oxygen atoms in total. The highest BCUT2D eigenvalue weighted by atomic mass is 35.5. The standard InChI is InChI=1S/C18H28FN3O.ClH/c1-4-9-18(3,20)17(23)21-15-6-5-10-22(12-15)16-8-7-14(19)11-13(16)2;/h7-8,11,15H,4-6,9-10,12,20H2,1-3H3,(H,21,23);1H. The van der Waals surface area contributed by atoms with Crippen LogP contribution in [0.1, 0.15) is 45.1 Å². The Bertz CT molecular complexity index is 565. The molecule has 136 valence electrons. The molecule has 6 heteroatoms. The quantitative estimate of drug-likeness (QED) is 0.851. The third-order valence-electron chi connectivity index (χ3n) is 4.54. The fraction of sp³-hybridized carbons (Fsp3) is 0.611. The predicted octanol–water partition coefficient (Wildman–Crippen LogP) is 3.16. The van der Waals surface area contributed by atoms with E-state index in [0.29, 0.717) is 6.42 Å². The van der Waals surface area contributed by atoms with Gasteiger partial charge in [0.15, 0.2) is 0 Å². The number of benzene rings is 1. The van der Waals surface area contributed by atoms with Crippen LogP contribution >= 0.6 is 12.4 Å². The molecule has 3 N–H and O–H groups in total. The summed E-state index contributed by atoms with van der Waals surface area (Å²) in [6.07, 6.45) is 3.50. The molecular weight excluding hydrogens is 329 g/mol. The number of nitrogens with one attached hydrogen (secondary N) is 1. The van der Waals surface area contributed by atoms with Crippen molar-refractivity contribution in [2.24, 2.45) is 5.73 Å². The topological polar surface area (TPSA) is 58.4 Å². The van der Waals surface area contributed by atoms with Crippen LogP contribution in [0.3, 0.4) is 0 Å². The van der Waals surface area contributed by atoms with Gasteiger partial charge in [-0.3, -0.25) is 4.79 Å². The highest BCUT2D eigenvalue weighted by Crippen LogP contribution is 2.24. The number of halogens is 2. The normalized spacial score (nSPS) is 20.0. The Morgan fingerprint density at radius 2 is 2.21 bits per heavy atom. The van der Waals surface area contributed by atoms with Gasteiger partial charge in [-0.15, -0.1) is 12.4 Å². The highest BCUT2D eigenvalue weighted by molar-refractivity contribution is 5.86. The van der Waals surface area contributed by atoms with Crippen molar-refractivity contribution in [1.29, 1.82) is 0 Å². The fourth-order valence-corrected chi connectivity index (χ4v) is 3.27. The number of anilines is 1. The number of hydrogen-bond donors (Lipinski definition) is 2. The molecule has 0 bridgehead atoms. The van der Waals surface area contributed by atoms with E-state index >= 15 is 0 Å². The van der Waals surface area contributed by atoms with E-state index in [0.717, 1.165) is 43.6 Å². The number of rotatable bonds is 5. The summed E-state index contributed by atoms with van der Waals surface area (Å²) in [6, 6.07) is 4.94. The Labute approximate surface area is 150 Å². The molecule has 1 aromatic rings. The van der Waals surface area contributed by atoms with Crippen molar-refractivity contribution in [2.75, 3.05) is 18.0 Å². The smallest absolute Gasteiger partial charge is 0.240 e. The van der Waals surface area contributed by atoms with Crippen molar-refractivity contribution >= 4 is 24.0 Å². The zero-order chi connectivity index (χ0) is 17.0. The van der Waals surface area contributed by atoms with Gasteiger partial charge in [-0.05, 0) is 56.9 Å². The number of aryl methyl sites for hydroxylation is 1. The van der Waals surface area contributed by atoms with Gasteiger partial charge in [0.2, 0.25) is 5.91 Å². The first-order chi connectivity index (χ1) is 10.8. The molecule has 24 heavy (non-hydrogen) atoms. The molecule has 0 radical (unpaired) electrons. The number of nitrogens with two attached hydrogens (primary N) is 1. The van der Waals surface area contributed by atoms with E-state index in [-0.39, 0.29) is 30.2 Å². The van der Waals surface area contributed by atoms with Gasteiger partial charge in [0.1, 0.15) is 5.82 Å². The van der Waals surface area contributed by atoms with Gasteiger partial charge < -0.3 is 16.0 Å². The fourth-order valence-electron chi connectivity index (χ4n) is 3.27. The summed E-state index contributed by atoms with van der Waals surface area (Å²) >= 11 is 0. The van der Waals surface area contributed by atoms with Gasteiger partial charge in [0.25, 0.3) is 0 Å². The maximum atomic E-state index is 13.3. The summed E-state index contributed by atoms with van der Waals surface area (Å²) in [5.41, 5.74) is 7.25. The van der Waals surface area contributed by atoms with Crippen molar-refractivity contribution in [3.63, 3.8) is 0 Å². The number of piperidine rings is 1. The average Bonchev–Trinajstić information content (AvgIpc) is 2.47. The van der Waals surface area contributed by atoms with Gasteiger partial charge in [-0.2, -0.15) is 0 Å². The van der Waals surface area contributed by atoms with E-state index < -0.39 is 5.54 Å². The second kappa shape index (κ2) is 8.67. The van der Waals surface area contributed by atoms with E-state index in [1.807, 2.05) is 19.9 Å². The molecule has 1 amide bonds. The molecule has 1 aliphatic heterocycles. The molecule has 2 unspecified atom stereocenters. The Morgan fingerprint density at radius 3 is 2.83 bits per heavy atom. The monoisotopic (exact) mass is 357 g/mol. The Morgan fingerprint density at radius 1 is 1.50 bits per heavy atom. The van der Waals surface area contributed by atoms with E-state index in [1.165, 1.54) is 6.07 Å². The lowest BCUT2D eigenvalue weighted by atomic mass is 9.95. The van der Waals surface area contributed by atoms with Gasteiger partial charge in [-0.1, -0.05) is 13.3 Å². The summed E-state index contributed by atoms with van der Waals surface area (Å²) in [5.74, 6) is -0.298. The molecular formula is C18H29ClFN3O. The van der Waals surface area contributed by atoms with Crippen molar-refractivity contribution < 1.29 is 9.18 Å². The summed E-state index contributed by atoms with van der Waals surface area (Å²) in [4.78, 5) is 14.6. The van der Waals surface area contributed by atoms with Crippen LogP contribution in [0, 0.1) is 12.7 Å². The number of nitrogens with zero attached hydrogens (tertiary/aromatic N) is 1. The first-order valence-corrected chi connectivity index (χ1v) is 8.44. The lowest BCUT2D eigenvalue weighted by Gasteiger charge is -2.37. The molecule has 2 atom stereocenters. The molecule has 2 rings (SSSR count). The van der Waals surface area contributed by atoms with Crippen molar-refractivity contribution in [3.05, 3.63) is 29.6 Å². The molecule has 0 spiro atoms. The average molecular weight is 358 g/mol. The van der Waals surface area contributed by atoms with Crippen LogP contribution in [0.25, 0.3) is 0 Å². The molecule has 1 aliphatic rings. The van der Waals surface area contributed by atoms with Crippen LogP contribution < -0.4 is 16.0 Å². The number of carbonyl (C=O) groups excluding carboxylic acids is 1. The summed E-state index contributed by atoms with van der Waals surface area (Å²) < 4.78 is 13.3. The molecule has 1 heterocycles. The Kier molecular flexibility index (Phi) is 7.49. The first-order valence-electron chi connectivity index (χ1n) is 8.44. The molecule has 0 aliphatic carbocycles. The van der Waals surface area contributed by atoms with Crippen LogP contribution in [0.2, 0.25) is 0 Å². The van der Waals surface area contributed by atoms with E-state index in [9.17, 15) is 9.18 Å². The molecule has 0 saturated carbocycles. The summed E-state index contributed by atoms with van der Waals surface area (Å²) in [6.45, 7) is 7.39. The number of hydrogen-bond acceptors (Lipinski definition) is 3. The second-order valence-electron chi connectivity index (χ2n) is 6.86. The SMILES string of the molecule is CCCC(C)(N)C(=O)NC1CCCN(c2ccc(F)cc2C)C1.Cl. The van der Waals surface area contributed by atoms with Gasteiger partial charge in [0, 0.05) is 24.8 Å². The van der Waals surface area contributed by atoms with Crippen molar-refractivity contribution in [1.82, 2.24) is 5.32 Å². The van der Waals surface area contributed by atoms with Crippen LogP contribution in [0.15, 0.2) is 18.2 Å². The number of carbonyl (C=O) groups is 1. The minimum Gasteiger partial charge on any atom is -0.369 e. The molecule has 0 aromatic heterocycles.